The molecule has 18 heavy (non-hydrogen) atoms. The second-order valence-electron chi connectivity index (χ2n) is 4.25. The summed E-state index contributed by atoms with van der Waals surface area (Å²) in [7, 11) is 0. The van der Waals surface area contributed by atoms with Crippen LogP contribution in [0.15, 0.2) is 18.3 Å². The minimum absolute atomic E-state index is 0.334. The van der Waals surface area contributed by atoms with Crippen molar-refractivity contribution in [2.24, 2.45) is 0 Å². The maximum Gasteiger partial charge on any atom is 0.213 e. The SMILES string of the molecule is Fc1ccc(OCc2nnc3n2CCCC3)cn1. The van der Waals surface area contributed by atoms with Gasteiger partial charge in [-0.3, -0.25) is 0 Å². The molecule has 0 aromatic carbocycles. The Morgan fingerprint density at radius 1 is 1.28 bits per heavy atom. The lowest BCUT2D eigenvalue weighted by Gasteiger charge is -2.14. The molecule has 0 atom stereocenters. The molecule has 2 aromatic rings. The number of aryl methyl sites for hydroxylation is 1. The molecule has 0 saturated heterocycles. The highest BCUT2D eigenvalue weighted by Gasteiger charge is 2.15. The molecule has 3 rings (SSSR count). The fraction of sp³-hybridized carbons (Fsp3) is 0.417. The summed E-state index contributed by atoms with van der Waals surface area (Å²) < 4.78 is 20.2. The molecule has 0 radical (unpaired) electrons. The predicted octanol–water partition coefficient (Wildman–Crippen LogP) is 1.73. The van der Waals surface area contributed by atoms with Crippen LogP contribution in [-0.2, 0) is 19.6 Å². The van der Waals surface area contributed by atoms with Gasteiger partial charge >= 0.3 is 0 Å². The number of hydrogen-bond acceptors (Lipinski definition) is 4. The van der Waals surface area contributed by atoms with Crippen molar-refractivity contribution < 1.29 is 9.13 Å². The van der Waals surface area contributed by atoms with Gasteiger partial charge in [0.2, 0.25) is 5.95 Å². The first-order valence-corrected chi connectivity index (χ1v) is 5.98. The number of fused-ring (bicyclic) bond motifs is 1. The maximum atomic E-state index is 12.6. The molecule has 0 saturated carbocycles. The molecule has 0 unspecified atom stereocenters. The lowest BCUT2D eigenvalue weighted by atomic mass is 10.2. The molecule has 1 aliphatic rings. The summed E-state index contributed by atoms with van der Waals surface area (Å²) in [5, 5.41) is 8.26. The zero-order valence-corrected chi connectivity index (χ0v) is 9.84. The first-order valence-electron chi connectivity index (χ1n) is 5.98. The van der Waals surface area contributed by atoms with Crippen LogP contribution in [0.1, 0.15) is 24.5 Å². The Labute approximate surface area is 104 Å². The van der Waals surface area contributed by atoms with E-state index in [0.29, 0.717) is 12.4 Å². The van der Waals surface area contributed by atoms with Crippen LogP contribution in [0.3, 0.4) is 0 Å². The molecule has 0 spiro atoms. The van der Waals surface area contributed by atoms with E-state index in [1.807, 2.05) is 0 Å². The van der Waals surface area contributed by atoms with Crippen molar-refractivity contribution in [3.05, 3.63) is 35.9 Å². The Bertz CT molecular complexity index is 538. The van der Waals surface area contributed by atoms with E-state index in [4.69, 9.17) is 4.74 Å². The minimum atomic E-state index is -0.512. The number of hydrogen-bond donors (Lipinski definition) is 0. The molecule has 94 valence electrons. The van der Waals surface area contributed by atoms with E-state index in [2.05, 4.69) is 19.7 Å². The number of ether oxygens (including phenoxy) is 1. The standard InChI is InChI=1S/C12H13FN4O/c13-10-5-4-9(7-14-10)18-8-12-16-15-11-3-1-2-6-17(11)12/h4-5,7H,1-3,6,8H2. The van der Waals surface area contributed by atoms with Crippen molar-refractivity contribution in [2.75, 3.05) is 0 Å². The topological polar surface area (TPSA) is 52.8 Å². The molecular formula is C12H13FN4O. The number of nitrogens with zero attached hydrogens (tertiary/aromatic N) is 4. The van der Waals surface area contributed by atoms with Gasteiger partial charge < -0.3 is 9.30 Å². The van der Waals surface area contributed by atoms with Crippen LogP contribution in [0.25, 0.3) is 0 Å². The fourth-order valence-electron chi connectivity index (χ4n) is 2.07. The largest absolute Gasteiger partial charge is 0.484 e. The van der Waals surface area contributed by atoms with Crippen LogP contribution in [0.2, 0.25) is 0 Å². The molecule has 0 bridgehead atoms. The van der Waals surface area contributed by atoms with Crippen molar-refractivity contribution in [2.45, 2.75) is 32.4 Å². The first kappa shape index (κ1) is 11.1. The Balaban J connectivity index is 1.70. The molecule has 0 fully saturated rings. The molecule has 1 aliphatic heterocycles. The summed E-state index contributed by atoms with van der Waals surface area (Å²) in [6.07, 6.45) is 4.66. The second kappa shape index (κ2) is 4.72. The average Bonchev–Trinajstić information content (AvgIpc) is 2.82. The molecule has 0 amide bonds. The monoisotopic (exact) mass is 248 g/mol. The summed E-state index contributed by atoms with van der Waals surface area (Å²) in [5.41, 5.74) is 0. The lowest BCUT2D eigenvalue weighted by molar-refractivity contribution is 0.284. The van der Waals surface area contributed by atoms with E-state index in [-0.39, 0.29) is 0 Å². The van der Waals surface area contributed by atoms with Gasteiger partial charge in [0.15, 0.2) is 5.82 Å². The number of rotatable bonds is 3. The zero-order chi connectivity index (χ0) is 12.4. The van der Waals surface area contributed by atoms with E-state index in [1.54, 1.807) is 6.07 Å². The normalized spacial score (nSPS) is 14.3. The van der Waals surface area contributed by atoms with Crippen molar-refractivity contribution in [1.82, 2.24) is 19.7 Å². The third kappa shape index (κ3) is 2.18. The molecule has 2 aromatic heterocycles. The zero-order valence-electron chi connectivity index (χ0n) is 9.84. The highest BCUT2D eigenvalue weighted by molar-refractivity contribution is 5.16. The van der Waals surface area contributed by atoms with E-state index in [1.165, 1.54) is 18.7 Å². The highest BCUT2D eigenvalue weighted by atomic mass is 19.1. The van der Waals surface area contributed by atoms with E-state index in [0.717, 1.165) is 31.0 Å². The van der Waals surface area contributed by atoms with Crippen LogP contribution in [0, 0.1) is 5.95 Å². The summed E-state index contributed by atoms with van der Waals surface area (Å²) in [6, 6.07) is 2.82. The predicted molar refractivity (Wildman–Crippen MR) is 61.5 cm³/mol. The number of aromatic nitrogens is 4. The van der Waals surface area contributed by atoms with Crippen molar-refractivity contribution in [3.8, 4) is 5.75 Å². The first-order chi connectivity index (χ1) is 8.83. The van der Waals surface area contributed by atoms with Gasteiger partial charge in [-0.1, -0.05) is 0 Å². The number of halogens is 1. The lowest BCUT2D eigenvalue weighted by Crippen LogP contribution is -2.14. The Morgan fingerprint density at radius 3 is 3.06 bits per heavy atom. The van der Waals surface area contributed by atoms with Gasteiger partial charge in [-0.2, -0.15) is 4.39 Å². The minimum Gasteiger partial charge on any atom is -0.484 e. The third-order valence-corrected chi connectivity index (χ3v) is 3.00. The number of pyridine rings is 1. The van der Waals surface area contributed by atoms with Crippen LogP contribution >= 0.6 is 0 Å². The third-order valence-electron chi connectivity index (χ3n) is 3.00. The fourth-order valence-corrected chi connectivity index (χ4v) is 2.07. The van der Waals surface area contributed by atoms with Crippen molar-refractivity contribution >= 4 is 0 Å². The van der Waals surface area contributed by atoms with Gasteiger partial charge in [-0.05, 0) is 25.0 Å². The maximum absolute atomic E-state index is 12.6. The average molecular weight is 248 g/mol. The quantitative estimate of drug-likeness (QED) is 0.776. The van der Waals surface area contributed by atoms with Crippen LogP contribution in [-0.4, -0.2) is 19.7 Å². The van der Waals surface area contributed by atoms with Gasteiger partial charge in [0.1, 0.15) is 18.2 Å². The van der Waals surface area contributed by atoms with Gasteiger partial charge in [-0.15, -0.1) is 10.2 Å². The molecule has 0 N–H and O–H groups in total. The van der Waals surface area contributed by atoms with Gasteiger partial charge in [0.25, 0.3) is 0 Å². The van der Waals surface area contributed by atoms with Gasteiger partial charge in [0, 0.05) is 13.0 Å². The van der Waals surface area contributed by atoms with Gasteiger partial charge in [-0.25, -0.2) is 4.98 Å². The molecule has 0 aliphatic carbocycles. The van der Waals surface area contributed by atoms with Crippen molar-refractivity contribution in [1.29, 1.82) is 0 Å². The van der Waals surface area contributed by atoms with Crippen LogP contribution in [0.4, 0.5) is 4.39 Å². The Morgan fingerprint density at radius 2 is 2.22 bits per heavy atom. The smallest absolute Gasteiger partial charge is 0.213 e. The van der Waals surface area contributed by atoms with Gasteiger partial charge in [0.05, 0.1) is 6.20 Å². The van der Waals surface area contributed by atoms with E-state index in [9.17, 15) is 4.39 Å². The summed E-state index contributed by atoms with van der Waals surface area (Å²) in [4.78, 5) is 3.53. The second-order valence-corrected chi connectivity index (χ2v) is 4.25. The molecular weight excluding hydrogens is 235 g/mol. The highest BCUT2D eigenvalue weighted by Crippen LogP contribution is 2.16. The molecule has 6 heteroatoms. The molecule has 3 heterocycles. The van der Waals surface area contributed by atoms with E-state index < -0.39 is 5.95 Å². The Kier molecular flexibility index (Phi) is 2.92. The Hall–Kier alpha value is -1.98. The summed E-state index contributed by atoms with van der Waals surface area (Å²) in [6.45, 7) is 1.28. The van der Waals surface area contributed by atoms with Crippen LogP contribution in [0.5, 0.6) is 5.75 Å². The summed E-state index contributed by atoms with van der Waals surface area (Å²) in [5.74, 6) is 1.86. The van der Waals surface area contributed by atoms with Crippen molar-refractivity contribution in [3.63, 3.8) is 0 Å². The van der Waals surface area contributed by atoms with Crippen LogP contribution < -0.4 is 4.74 Å². The van der Waals surface area contributed by atoms with E-state index >= 15 is 0 Å². The molecule has 5 nitrogen and oxygen atoms in total. The summed E-state index contributed by atoms with van der Waals surface area (Å²) >= 11 is 0.